The first kappa shape index (κ1) is 91.2. The van der Waals surface area contributed by atoms with Crippen LogP contribution in [0.25, 0.3) is 66.1 Å². The minimum atomic E-state index is -3.74. The molecule has 117 heavy (non-hydrogen) atoms. The first-order valence-corrected chi connectivity index (χ1v) is 51.5. The van der Waals surface area contributed by atoms with Gasteiger partial charge in [-0.3, -0.25) is 9.03 Å². The lowest BCUT2D eigenvalue weighted by atomic mass is 9.86. The van der Waals surface area contributed by atoms with Crippen LogP contribution in [0.4, 0.5) is 17.1 Å². The normalized spacial score (nSPS) is 15.2. The molecule has 0 bridgehead atoms. The molecule has 0 radical (unpaired) electrons. The Morgan fingerprint density at radius 2 is 0.897 bits per heavy atom. The molecule has 21 nitrogen and oxygen atoms in total. The van der Waals surface area contributed by atoms with E-state index in [2.05, 4.69) is 115 Å². The Balaban J connectivity index is 0.000000186. The fraction of sp³-hybridized carbons (Fsp3) is 0.511. The summed E-state index contributed by atoms with van der Waals surface area (Å²) >= 11 is 0. The number of benzene rings is 6. The topological polar surface area (TPSA) is 248 Å². The highest BCUT2D eigenvalue weighted by molar-refractivity contribution is 7.93. The second kappa shape index (κ2) is 35.7. The molecular formula is C92H128N6O15S2Si2. The molecule has 0 amide bonds. The molecule has 636 valence electrons. The number of esters is 3. The summed E-state index contributed by atoms with van der Waals surface area (Å²) in [5, 5.41) is 2.80. The highest BCUT2D eigenvalue weighted by atomic mass is 32.2. The fourth-order valence-corrected chi connectivity index (χ4v) is 24.5. The first-order valence-electron chi connectivity index (χ1n) is 40.8. The molecule has 25 heteroatoms. The zero-order valence-electron chi connectivity index (χ0n) is 74.3. The average Bonchev–Trinajstić information content (AvgIpc) is 1.63. The molecule has 3 aliphatic rings. The van der Waals surface area contributed by atoms with Gasteiger partial charge in [-0.1, -0.05) is 129 Å². The molecule has 0 saturated carbocycles. The second-order valence-corrected chi connectivity index (χ2v) is 52.7. The number of ether oxygens (including phenoxy) is 8. The predicted octanol–water partition coefficient (Wildman–Crippen LogP) is 19.5. The Morgan fingerprint density at radius 3 is 1.29 bits per heavy atom. The van der Waals surface area contributed by atoms with Crippen LogP contribution in [-0.4, -0.2) is 161 Å². The van der Waals surface area contributed by atoms with E-state index in [1.165, 1.54) is 43.8 Å². The lowest BCUT2D eigenvalue weighted by Crippen LogP contribution is -2.44. The van der Waals surface area contributed by atoms with Crippen molar-refractivity contribution in [2.24, 2.45) is 11.8 Å². The van der Waals surface area contributed by atoms with Crippen molar-refractivity contribution in [1.82, 2.24) is 14.5 Å². The largest absolute Gasteiger partial charge is 0.467 e. The molecule has 0 aliphatic carbocycles. The molecule has 2 saturated heterocycles. The quantitative estimate of drug-likeness (QED) is 0.0259. The van der Waals surface area contributed by atoms with Crippen LogP contribution in [0.1, 0.15) is 148 Å². The highest BCUT2D eigenvalue weighted by Crippen LogP contribution is 2.52. The number of carbonyl (C=O) groups is 3. The number of sulfonamides is 2. The molecule has 6 aromatic carbocycles. The molecule has 3 N–H and O–H groups in total. The number of H-pyrrole nitrogens is 2. The number of aromatic amines is 2. The summed E-state index contributed by atoms with van der Waals surface area (Å²) in [4.78, 5) is 49.5. The molecule has 3 aliphatic heterocycles. The summed E-state index contributed by atoms with van der Waals surface area (Å²) in [6, 6.07) is 32.3. The number of nitrogens with one attached hydrogen (secondary N) is 3. The van der Waals surface area contributed by atoms with Crippen molar-refractivity contribution >= 4 is 104 Å². The SMILES string of the molecule is COC(=O)[C@@H](OC(C)(C)C)c1c(C)c(N(CC2COC2)S(=O)(=O)CC[Si](C)(C)C)c2[nH]c(C)cc2c1-c1ccc(C)cc1.COC(=O)[C@@H](OC(C)(C)C)c1c(C)c(NS(=O)(=O)CC[Si](C)(C)C)c2[nH]c(C)cc2c1-c1ccc(C)cc1.COC(=O)[C@@H](OC(C)(C)C)c1c(C)c2c3c(cc(C)n3CCN2CC2COC2)c1-c1ccc(C)cc1. The van der Waals surface area contributed by atoms with Gasteiger partial charge in [0.2, 0.25) is 20.0 Å². The van der Waals surface area contributed by atoms with Gasteiger partial charge in [0.05, 0.1) is 110 Å². The van der Waals surface area contributed by atoms with Crippen LogP contribution in [0.3, 0.4) is 0 Å². The number of methoxy groups -OCH3 is 3. The van der Waals surface area contributed by atoms with Crippen LogP contribution < -0.4 is 13.9 Å². The summed E-state index contributed by atoms with van der Waals surface area (Å²) in [5.41, 5.74) is 19.4. The van der Waals surface area contributed by atoms with Crippen LogP contribution in [-0.2, 0) is 78.9 Å². The lowest BCUT2D eigenvalue weighted by Gasteiger charge is -2.39. The highest BCUT2D eigenvalue weighted by Gasteiger charge is 2.42. The van der Waals surface area contributed by atoms with Crippen molar-refractivity contribution < 1.29 is 69.1 Å². The van der Waals surface area contributed by atoms with Crippen LogP contribution >= 0.6 is 0 Å². The Hall–Kier alpha value is -8.12. The fourth-order valence-electron chi connectivity index (χ4n) is 15.6. The molecule has 0 spiro atoms. The third-order valence-electron chi connectivity index (χ3n) is 21.6. The Morgan fingerprint density at radius 1 is 0.513 bits per heavy atom. The van der Waals surface area contributed by atoms with E-state index < -0.39 is 83.2 Å². The van der Waals surface area contributed by atoms with Gasteiger partial charge < -0.3 is 57.3 Å². The van der Waals surface area contributed by atoms with Gasteiger partial charge in [0, 0.05) is 104 Å². The van der Waals surface area contributed by atoms with Gasteiger partial charge in [-0.25, -0.2) is 31.2 Å². The number of aryl methyl sites for hydroxylation is 6. The van der Waals surface area contributed by atoms with E-state index in [-0.39, 0.29) is 23.4 Å². The first-order chi connectivity index (χ1) is 54.4. The molecule has 0 unspecified atom stereocenters. The van der Waals surface area contributed by atoms with Gasteiger partial charge in [-0.15, -0.1) is 0 Å². The number of anilines is 3. The van der Waals surface area contributed by atoms with Crippen molar-refractivity contribution in [3.63, 3.8) is 0 Å². The zero-order valence-corrected chi connectivity index (χ0v) is 77.9. The van der Waals surface area contributed by atoms with Crippen molar-refractivity contribution in [2.75, 3.05) is 92.8 Å². The van der Waals surface area contributed by atoms with E-state index >= 15 is 0 Å². The van der Waals surface area contributed by atoms with E-state index in [0.717, 1.165) is 122 Å². The van der Waals surface area contributed by atoms with E-state index in [4.69, 9.17) is 37.9 Å². The van der Waals surface area contributed by atoms with E-state index in [1.807, 2.05) is 165 Å². The van der Waals surface area contributed by atoms with Crippen LogP contribution in [0.5, 0.6) is 0 Å². The molecule has 2 fully saturated rings. The maximum atomic E-state index is 14.3. The van der Waals surface area contributed by atoms with Crippen LogP contribution in [0, 0.1) is 74.1 Å². The predicted molar refractivity (Wildman–Crippen MR) is 480 cm³/mol. The van der Waals surface area contributed by atoms with Gasteiger partial charge >= 0.3 is 17.9 Å². The van der Waals surface area contributed by atoms with Crippen LogP contribution in [0.2, 0.25) is 51.4 Å². The van der Waals surface area contributed by atoms with Crippen LogP contribution in [0.15, 0.2) is 91.0 Å². The van der Waals surface area contributed by atoms with Crippen molar-refractivity contribution in [3.05, 3.63) is 158 Å². The van der Waals surface area contributed by atoms with E-state index in [9.17, 15) is 31.2 Å². The Kier molecular flexibility index (Phi) is 27.8. The third kappa shape index (κ3) is 21.6. The number of hydrogen-bond donors (Lipinski definition) is 3. The lowest BCUT2D eigenvalue weighted by molar-refractivity contribution is -0.164. The minimum absolute atomic E-state index is 0.0390. The van der Waals surface area contributed by atoms with Gasteiger partial charge in [0.1, 0.15) is 0 Å². The van der Waals surface area contributed by atoms with Crippen molar-refractivity contribution in [3.8, 4) is 33.4 Å². The van der Waals surface area contributed by atoms with E-state index in [1.54, 1.807) is 4.31 Å². The van der Waals surface area contributed by atoms with Gasteiger partial charge in [-0.05, 0) is 205 Å². The van der Waals surface area contributed by atoms with E-state index in [0.29, 0.717) is 76.9 Å². The monoisotopic (exact) mass is 1680 g/mol. The summed E-state index contributed by atoms with van der Waals surface area (Å²) in [6.45, 7) is 54.1. The maximum absolute atomic E-state index is 14.3. The van der Waals surface area contributed by atoms with Gasteiger partial charge in [0.25, 0.3) is 0 Å². The molecular weight excluding hydrogens is 1550 g/mol. The maximum Gasteiger partial charge on any atom is 0.339 e. The smallest absolute Gasteiger partial charge is 0.339 e. The molecule has 3 atom stereocenters. The number of rotatable bonds is 26. The van der Waals surface area contributed by atoms with Crippen molar-refractivity contribution in [1.29, 1.82) is 0 Å². The Labute approximate surface area is 697 Å². The summed E-state index contributed by atoms with van der Waals surface area (Å²) < 4.78 is 108. The number of nitrogens with zero attached hydrogens (tertiary/aromatic N) is 3. The number of hydrogen-bond acceptors (Lipinski definition) is 16. The minimum Gasteiger partial charge on any atom is -0.467 e. The molecule has 6 heterocycles. The van der Waals surface area contributed by atoms with Crippen molar-refractivity contribution in [2.45, 2.75) is 218 Å². The summed E-state index contributed by atoms with van der Waals surface area (Å²) in [6.07, 6.45) is -2.99. The summed E-state index contributed by atoms with van der Waals surface area (Å²) in [5.74, 6) is -0.750. The summed E-state index contributed by atoms with van der Waals surface area (Å²) in [7, 11) is -6.51. The number of fused-ring (bicyclic) bond motifs is 2. The molecule has 9 aromatic rings. The molecule has 3 aromatic heterocycles. The Bertz CT molecular complexity index is 5360. The third-order valence-corrected chi connectivity index (χ3v) is 28.8. The van der Waals surface area contributed by atoms with Gasteiger partial charge in [-0.2, -0.15) is 0 Å². The zero-order chi connectivity index (χ0) is 86.3. The average molecular weight is 1680 g/mol. The molecule has 12 rings (SSSR count). The standard InChI is InChI=1S/C33H48N2O6SSi.C30H38N2O4.C29H42N2O5SSi/c1-21-11-13-25(14-12-21)28-26-17-22(2)34-29(26)30(23(3)27(28)31(32(36)39-7)41-33(4,5)6)35(18-24-19-40-20-24)42(37,38)15-16-43(8,9)10;1-18-8-10-22(11-9-18)25-23-14-19(2)32-13-12-31(15-21-16-35-17-21)26(27(23)32)20(3)24(25)28(29(33)34-7)36-30(4,5)6;1-18-11-13-21(14-12-18)24-22-17-19(2)30-26(22)25(31-37(33,34)15-16-38(8,9)10)20(3)23(24)27(28(32)35-7)36-29(4,5)6/h11-14,17,24,31,34H,15-16,18-20H2,1-10H3;8-11,14,21,28H,12-13,15-17H2,1-7H3;11-14,17,27,30-31H,15-16H2,1-10H3/t31-;28-;27-/m000/s1. The number of aromatic nitrogens is 3. The van der Waals surface area contributed by atoms with Gasteiger partial charge in [0.15, 0.2) is 18.3 Å². The second-order valence-electron chi connectivity index (χ2n) is 37.6. The number of carbonyl (C=O) groups excluding carboxylic acids is 3.